The average Bonchev–Trinajstić information content (AvgIpc) is 2.97. The van der Waals surface area contributed by atoms with Crippen molar-refractivity contribution in [2.45, 2.75) is 33.4 Å². The van der Waals surface area contributed by atoms with Gasteiger partial charge in [0.25, 0.3) is 0 Å². The van der Waals surface area contributed by atoms with Gasteiger partial charge in [0.1, 0.15) is 11.5 Å². The van der Waals surface area contributed by atoms with E-state index >= 15 is 0 Å². The summed E-state index contributed by atoms with van der Waals surface area (Å²) in [5.74, 6) is 1.51. The van der Waals surface area contributed by atoms with Crippen LogP contribution in [0.5, 0.6) is 0 Å². The predicted octanol–water partition coefficient (Wildman–Crippen LogP) is 1.35. The molecule has 0 bridgehead atoms. The van der Waals surface area contributed by atoms with Gasteiger partial charge in [-0.3, -0.25) is 14.6 Å². The molecule has 0 aromatic carbocycles. The highest BCUT2D eigenvalue weighted by Crippen LogP contribution is 2.12. The number of rotatable bonds is 5. The number of carbonyl (C=O) groups is 2. The fraction of sp³-hybridized carbons (Fsp3) is 0.571. The van der Waals surface area contributed by atoms with E-state index < -0.39 is 0 Å². The molecule has 1 aliphatic heterocycles. The molecule has 1 aromatic rings. The highest BCUT2D eigenvalue weighted by molar-refractivity contribution is 5.96. The number of nitrogens with one attached hydrogen (secondary N) is 1. The van der Waals surface area contributed by atoms with Gasteiger partial charge < -0.3 is 9.73 Å². The van der Waals surface area contributed by atoms with E-state index in [-0.39, 0.29) is 24.5 Å². The molecule has 2 rings (SSSR count). The van der Waals surface area contributed by atoms with Crippen LogP contribution in [0.25, 0.3) is 0 Å². The first-order chi connectivity index (χ1) is 9.47. The third-order valence-corrected chi connectivity index (χ3v) is 3.38. The molecular weight excluding hydrogens is 258 g/mol. The fourth-order valence-corrected chi connectivity index (χ4v) is 2.16. The Morgan fingerprint density at radius 3 is 2.75 bits per heavy atom. The largest absolute Gasteiger partial charge is 0.465 e. The Morgan fingerprint density at radius 2 is 2.25 bits per heavy atom. The smallest absolute Gasteiger partial charge is 0.324 e. The number of imide groups is 1. The van der Waals surface area contributed by atoms with Crippen LogP contribution >= 0.6 is 0 Å². The van der Waals surface area contributed by atoms with Gasteiger partial charge in [0.05, 0.1) is 13.1 Å². The van der Waals surface area contributed by atoms with Gasteiger partial charge in [0.2, 0.25) is 5.91 Å². The van der Waals surface area contributed by atoms with Crippen LogP contribution in [0.4, 0.5) is 4.79 Å². The Bertz CT molecular complexity index is 496. The molecule has 3 amide bonds. The average molecular weight is 279 g/mol. The normalized spacial score (nSPS) is 15.2. The van der Waals surface area contributed by atoms with Crippen molar-refractivity contribution < 1.29 is 14.0 Å². The molecule has 0 atom stereocenters. The maximum Gasteiger partial charge on any atom is 0.324 e. The molecule has 1 N–H and O–H groups in total. The van der Waals surface area contributed by atoms with Gasteiger partial charge in [-0.05, 0) is 32.9 Å². The molecule has 1 aromatic heterocycles. The maximum atomic E-state index is 12.2. The first-order valence-corrected chi connectivity index (χ1v) is 6.85. The molecule has 0 unspecified atom stereocenters. The summed E-state index contributed by atoms with van der Waals surface area (Å²) in [6.07, 6.45) is 0. The predicted molar refractivity (Wildman–Crippen MR) is 74.1 cm³/mol. The number of furan rings is 1. The van der Waals surface area contributed by atoms with E-state index in [0.717, 1.165) is 11.5 Å². The first kappa shape index (κ1) is 14.6. The second-order valence-corrected chi connectivity index (χ2v) is 5.29. The quantitative estimate of drug-likeness (QED) is 0.883. The topological polar surface area (TPSA) is 65.8 Å². The van der Waals surface area contributed by atoms with Crippen molar-refractivity contribution in [2.75, 3.05) is 19.6 Å². The van der Waals surface area contributed by atoms with Gasteiger partial charge in [0, 0.05) is 19.1 Å². The van der Waals surface area contributed by atoms with Gasteiger partial charge in [-0.2, -0.15) is 0 Å². The Kier molecular flexibility index (Phi) is 4.44. The first-order valence-electron chi connectivity index (χ1n) is 6.85. The van der Waals surface area contributed by atoms with Crippen molar-refractivity contribution >= 4 is 11.9 Å². The standard InChI is InChI=1S/C14H21N3O3/c1-10(2)16(8-12-5-4-11(3)20-12)9-13(18)17-7-6-15-14(17)19/h4-5,10H,6-9H2,1-3H3,(H,15,19). The molecule has 0 aliphatic carbocycles. The summed E-state index contributed by atoms with van der Waals surface area (Å²) in [5.41, 5.74) is 0. The monoisotopic (exact) mass is 279 g/mol. The van der Waals surface area contributed by atoms with Crippen LogP contribution in [0.3, 0.4) is 0 Å². The number of hydrogen-bond donors (Lipinski definition) is 1. The Labute approximate surface area is 118 Å². The lowest BCUT2D eigenvalue weighted by Crippen LogP contribution is -2.43. The summed E-state index contributed by atoms with van der Waals surface area (Å²) in [6, 6.07) is 3.71. The molecule has 0 radical (unpaired) electrons. The van der Waals surface area contributed by atoms with Crippen molar-refractivity contribution in [3.05, 3.63) is 23.7 Å². The zero-order valence-electron chi connectivity index (χ0n) is 12.2. The van der Waals surface area contributed by atoms with Crippen LogP contribution in [0.2, 0.25) is 0 Å². The summed E-state index contributed by atoms with van der Waals surface area (Å²) in [5, 5.41) is 2.64. The minimum atomic E-state index is -0.299. The zero-order chi connectivity index (χ0) is 14.7. The lowest BCUT2D eigenvalue weighted by atomic mass is 10.2. The lowest BCUT2D eigenvalue weighted by molar-refractivity contribution is -0.129. The van der Waals surface area contributed by atoms with Gasteiger partial charge in [0.15, 0.2) is 0 Å². The molecule has 6 nitrogen and oxygen atoms in total. The Morgan fingerprint density at radius 1 is 1.50 bits per heavy atom. The number of nitrogens with zero attached hydrogens (tertiary/aromatic N) is 2. The summed E-state index contributed by atoms with van der Waals surface area (Å²) in [6.45, 7) is 7.69. The Balaban J connectivity index is 1.98. The van der Waals surface area contributed by atoms with E-state index in [4.69, 9.17) is 4.42 Å². The number of aryl methyl sites for hydroxylation is 1. The highest BCUT2D eigenvalue weighted by atomic mass is 16.3. The molecule has 1 saturated heterocycles. The van der Waals surface area contributed by atoms with Gasteiger partial charge in [-0.15, -0.1) is 0 Å². The third-order valence-electron chi connectivity index (χ3n) is 3.38. The van der Waals surface area contributed by atoms with Gasteiger partial charge in [-0.1, -0.05) is 0 Å². The van der Waals surface area contributed by atoms with Crippen molar-refractivity contribution in [1.29, 1.82) is 0 Å². The maximum absolute atomic E-state index is 12.2. The van der Waals surface area contributed by atoms with Crippen molar-refractivity contribution in [2.24, 2.45) is 0 Å². The molecule has 20 heavy (non-hydrogen) atoms. The molecule has 110 valence electrons. The lowest BCUT2D eigenvalue weighted by Gasteiger charge is -2.26. The summed E-state index contributed by atoms with van der Waals surface area (Å²) >= 11 is 0. The van der Waals surface area contributed by atoms with Gasteiger partial charge in [-0.25, -0.2) is 4.79 Å². The number of carbonyl (C=O) groups excluding carboxylic acids is 2. The number of hydrogen-bond acceptors (Lipinski definition) is 4. The summed E-state index contributed by atoms with van der Waals surface area (Å²) in [4.78, 5) is 26.9. The minimum absolute atomic E-state index is 0.169. The fourth-order valence-electron chi connectivity index (χ4n) is 2.16. The summed E-state index contributed by atoms with van der Waals surface area (Å²) in [7, 11) is 0. The minimum Gasteiger partial charge on any atom is -0.465 e. The van der Waals surface area contributed by atoms with E-state index in [2.05, 4.69) is 5.32 Å². The molecule has 1 fully saturated rings. The second kappa shape index (κ2) is 6.09. The third kappa shape index (κ3) is 3.39. The van der Waals surface area contributed by atoms with Crippen LogP contribution in [0.15, 0.2) is 16.5 Å². The van der Waals surface area contributed by atoms with Crippen LogP contribution in [-0.4, -0.2) is 47.4 Å². The van der Waals surface area contributed by atoms with Crippen molar-refractivity contribution in [3.8, 4) is 0 Å². The molecule has 0 spiro atoms. The highest BCUT2D eigenvalue weighted by Gasteiger charge is 2.28. The van der Waals surface area contributed by atoms with Crippen LogP contribution in [-0.2, 0) is 11.3 Å². The molecule has 1 aliphatic rings. The molecule has 0 saturated carbocycles. The van der Waals surface area contributed by atoms with Crippen LogP contribution in [0.1, 0.15) is 25.4 Å². The number of urea groups is 1. The second-order valence-electron chi connectivity index (χ2n) is 5.29. The number of amides is 3. The van der Waals surface area contributed by atoms with Crippen molar-refractivity contribution in [1.82, 2.24) is 15.1 Å². The zero-order valence-corrected chi connectivity index (χ0v) is 12.2. The van der Waals surface area contributed by atoms with Crippen molar-refractivity contribution in [3.63, 3.8) is 0 Å². The van der Waals surface area contributed by atoms with E-state index in [1.807, 2.05) is 37.8 Å². The molecule has 2 heterocycles. The van der Waals surface area contributed by atoms with Gasteiger partial charge >= 0.3 is 6.03 Å². The van der Waals surface area contributed by atoms with Crippen LogP contribution in [0, 0.1) is 6.92 Å². The van der Waals surface area contributed by atoms with Crippen LogP contribution < -0.4 is 5.32 Å². The van der Waals surface area contributed by atoms with E-state index in [9.17, 15) is 9.59 Å². The molecular formula is C14H21N3O3. The van der Waals surface area contributed by atoms with E-state index in [0.29, 0.717) is 19.6 Å². The van der Waals surface area contributed by atoms with E-state index in [1.54, 1.807) is 0 Å². The SMILES string of the molecule is Cc1ccc(CN(CC(=O)N2CCNC2=O)C(C)C)o1. The van der Waals surface area contributed by atoms with E-state index in [1.165, 1.54) is 4.90 Å². The Hall–Kier alpha value is -1.82. The molecule has 6 heteroatoms. The summed E-state index contributed by atoms with van der Waals surface area (Å²) < 4.78 is 5.55.